The molecule has 0 spiro atoms. The lowest BCUT2D eigenvalue weighted by Gasteiger charge is -2.32. The highest BCUT2D eigenvalue weighted by molar-refractivity contribution is 5.76. The summed E-state index contributed by atoms with van der Waals surface area (Å²) < 4.78 is 10.7. The minimum Gasteiger partial charge on any atom is -0.496 e. The van der Waals surface area contributed by atoms with Crippen LogP contribution in [0.1, 0.15) is 12.0 Å². The van der Waals surface area contributed by atoms with Crippen LogP contribution in [0, 0.1) is 0 Å². The lowest BCUT2D eigenvalue weighted by Crippen LogP contribution is -2.47. The molecule has 1 saturated heterocycles. The summed E-state index contributed by atoms with van der Waals surface area (Å²) in [5, 5.41) is 0. The summed E-state index contributed by atoms with van der Waals surface area (Å²) >= 11 is 0. The lowest BCUT2D eigenvalue weighted by atomic mass is 10.1. The molecule has 1 aliphatic heterocycles. The summed E-state index contributed by atoms with van der Waals surface area (Å²) in [5.74, 6) is 1.76. The van der Waals surface area contributed by atoms with Crippen molar-refractivity contribution in [2.24, 2.45) is 0 Å². The number of benzene rings is 1. The van der Waals surface area contributed by atoms with E-state index in [1.807, 2.05) is 23.1 Å². The van der Waals surface area contributed by atoms with Crippen LogP contribution in [0.15, 0.2) is 18.2 Å². The Kier molecular flexibility index (Phi) is 5.44. The quantitative estimate of drug-likeness (QED) is 0.823. The summed E-state index contributed by atoms with van der Waals surface area (Å²) in [5.41, 5.74) is 0.963. The van der Waals surface area contributed by atoms with Gasteiger partial charge in [-0.1, -0.05) is 6.07 Å². The number of carbonyl (C=O) groups excluding carboxylic acids is 1. The van der Waals surface area contributed by atoms with E-state index in [1.54, 1.807) is 14.2 Å². The number of likely N-dealkylation sites (N-methyl/N-ethyl adjacent to an activating group) is 1. The van der Waals surface area contributed by atoms with Crippen LogP contribution < -0.4 is 9.47 Å². The maximum atomic E-state index is 12.3. The van der Waals surface area contributed by atoms with E-state index in [9.17, 15) is 4.79 Å². The molecule has 1 aromatic carbocycles. The number of nitrogens with zero attached hydrogens (tertiary/aromatic N) is 2. The predicted molar refractivity (Wildman–Crippen MR) is 81.9 cm³/mol. The van der Waals surface area contributed by atoms with Gasteiger partial charge < -0.3 is 19.3 Å². The van der Waals surface area contributed by atoms with Crippen molar-refractivity contribution in [2.75, 3.05) is 47.4 Å². The molecular weight excluding hydrogens is 268 g/mol. The predicted octanol–water partition coefficient (Wildman–Crippen LogP) is 1.41. The maximum Gasteiger partial charge on any atom is 0.222 e. The lowest BCUT2D eigenvalue weighted by molar-refractivity contribution is -0.132. The molecule has 21 heavy (non-hydrogen) atoms. The largest absolute Gasteiger partial charge is 0.496 e. The number of methoxy groups -OCH3 is 2. The van der Waals surface area contributed by atoms with Crippen LogP contribution in [0.5, 0.6) is 11.5 Å². The van der Waals surface area contributed by atoms with Crippen molar-refractivity contribution in [3.8, 4) is 11.5 Å². The number of ether oxygens (including phenoxy) is 2. The van der Waals surface area contributed by atoms with E-state index in [2.05, 4.69) is 11.9 Å². The molecule has 0 aliphatic carbocycles. The number of rotatable bonds is 5. The third-order valence-corrected chi connectivity index (χ3v) is 3.97. The molecule has 1 amide bonds. The average Bonchev–Trinajstić information content (AvgIpc) is 2.52. The molecule has 5 heteroatoms. The van der Waals surface area contributed by atoms with E-state index in [0.29, 0.717) is 12.8 Å². The first kappa shape index (κ1) is 15.6. The molecule has 5 nitrogen and oxygen atoms in total. The van der Waals surface area contributed by atoms with Crippen molar-refractivity contribution in [3.05, 3.63) is 23.8 Å². The number of carbonyl (C=O) groups is 1. The summed E-state index contributed by atoms with van der Waals surface area (Å²) in [4.78, 5) is 16.5. The molecule has 0 saturated carbocycles. The SMILES string of the molecule is COc1cccc(OC)c1CCC(=O)N1CCN(C)CC1. The smallest absolute Gasteiger partial charge is 0.222 e. The van der Waals surface area contributed by atoms with Gasteiger partial charge in [0.1, 0.15) is 11.5 Å². The molecule has 0 aromatic heterocycles. The van der Waals surface area contributed by atoms with E-state index in [0.717, 1.165) is 43.2 Å². The first-order chi connectivity index (χ1) is 10.2. The van der Waals surface area contributed by atoms with Crippen LogP contribution in [0.4, 0.5) is 0 Å². The van der Waals surface area contributed by atoms with E-state index >= 15 is 0 Å². The topological polar surface area (TPSA) is 42.0 Å². The molecular formula is C16H24N2O3. The Morgan fingerprint density at radius 2 is 1.67 bits per heavy atom. The van der Waals surface area contributed by atoms with Gasteiger partial charge in [-0.25, -0.2) is 0 Å². The second-order valence-corrected chi connectivity index (χ2v) is 5.33. The highest BCUT2D eigenvalue weighted by Crippen LogP contribution is 2.29. The molecule has 1 fully saturated rings. The Labute approximate surface area is 126 Å². The second-order valence-electron chi connectivity index (χ2n) is 5.33. The van der Waals surface area contributed by atoms with Crippen LogP contribution in [0.25, 0.3) is 0 Å². The first-order valence-electron chi connectivity index (χ1n) is 7.32. The number of hydrogen-bond donors (Lipinski definition) is 0. The molecule has 1 aliphatic rings. The normalized spacial score (nSPS) is 15.9. The zero-order valence-electron chi connectivity index (χ0n) is 13.1. The van der Waals surface area contributed by atoms with E-state index in [4.69, 9.17) is 9.47 Å². The zero-order chi connectivity index (χ0) is 15.2. The Balaban J connectivity index is 1.98. The van der Waals surface area contributed by atoms with Crippen LogP contribution in [-0.2, 0) is 11.2 Å². The number of hydrogen-bond acceptors (Lipinski definition) is 4. The van der Waals surface area contributed by atoms with Gasteiger partial charge >= 0.3 is 0 Å². The maximum absolute atomic E-state index is 12.3. The fourth-order valence-electron chi connectivity index (χ4n) is 2.62. The molecule has 1 heterocycles. The molecule has 2 rings (SSSR count). The average molecular weight is 292 g/mol. The summed E-state index contributed by atoms with van der Waals surface area (Å²) in [6, 6.07) is 5.69. The van der Waals surface area contributed by atoms with Gasteiger partial charge in [0.05, 0.1) is 14.2 Å². The second kappa shape index (κ2) is 7.31. The Hall–Kier alpha value is -1.75. The van der Waals surface area contributed by atoms with Gasteiger partial charge in [0, 0.05) is 38.2 Å². The minimum absolute atomic E-state index is 0.205. The monoisotopic (exact) mass is 292 g/mol. The Morgan fingerprint density at radius 3 is 2.19 bits per heavy atom. The summed E-state index contributed by atoms with van der Waals surface area (Å²) in [7, 11) is 5.36. The molecule has 0 unspecified atom stereocenters. The van der Waals surface area contributed by atoms with Gasteiger partial charge in [0.2, 0.25) is 5.91 Å². The van der Waals surface area contributed by atoms with Crippen LogP contribution in [-0.4, -0.2) is 63.2 Å². The highest BCUT2D eigenvalue weighted by Gasteiger charge is 2.20. The van der Waals surface area contributed by atoms with Crippen molar-refractivity contribution >= 4 is 5.91 Å². The number of piperazine rings is 1. The fourth-order valence-corrected chi connectivity index (χ4v) is 2.62. The molecule has 0 radical (unpaired) electrons. The standard InChI is InChI=1S/C16H24N2O3/c1-17-9-11-18(12-10-17)16(19)8-7-13-14(20-2)5-4-6-15(13)21-3/h4-6H,7-12H2,1-3H3. The van der Waals surface area contributed by atoms with Gasteiger partial charge in [0.15, 0.2) is 0 Å². The Morgan fingerprint density at radius 1 is 1.10 bits per heavy atom. The zero-order valence-corrected chi connectivity index (χ0v) is 13.1. The van der Waals surface area contributed by atoms with Gasteiger partial charge in [-0.3, -0.25) is 4.79 Å². The van der Waals surface area contributed by atoms with E-state index < -0.39 is 0 Å². The molecule has 0 N–H and O–H groups in total. The Bertz CT molecular complexity index is 460. The highest BCUT2D eigenvalue weighted by atomic mass is 16.5. The molecule has 0 atom stereocenters. The van der Waals surface area contributed by atoms with Crippen molar-refractivity contribution < 1.29 is 14.3 Å². The van der Waals surface area contributed by atoms with E-state index in [-0.39, 0.29) is 5.91 Å². The summed E-state index contributed by atoms with van der Waals surface area (Å²) in [6.07, 6.45) is 1.12. The molecule has 116 valence electrons. The first-order valence-corrected chi connectivity index (χ1v) is 7.32. The van der Waals surface area contributed by atoms with Crippen molar-refractivity contribution in [1.29, 1.82) is 0 Å². The van der Waals surface area contributed by atoms with Gasteiger partial charge in [-0.2, -0.15) is 0 Å². The van der Waals surface area contributed by atoms with Crippen LogP contribution in [0.3, 0.4) is 0 Å². The van der Waals surface area contributed by atoms with Crippen molar-refractivity contribution in [2.45, 2.75) is 12.8 Å². The van der Waals surface area contributed by atoms with Gasteiger partial charge in [-0.05, 0) is 25.6 Å². The number of amides is 1. The van der Waals surface area contributed by atoms with Crippen molar-refractivity contribution in [3.63, 3.8) is 0 Å². The van der Waals surface area contributed by atoms with Gasteiger partial charge in [0.25, 0.3) is 0 Å². The van der Waals surface area contributed by atoms with E-state index in [1.165, 1.54) is 0 Å². The van der Waals surface area contributed by atoms with Gasteiger partial charge in [-0.15, -0.1) is 0 Å². The van der Waals surface area contributed by atoms with Crippen LogP contribution in [0.2, 0.25) is 0 Å². The summed E-state index contributed by atoms with van der Waals surface area (Å²) in [6.45, 7) is 3.53. The molecule has 1 aromatic rings. The third-order valence-electron chi connectivity index (χ3n) is 3.97. The minimum atomic E-state index is 0.205. The third kappa shape index (κ3) is 3.88. The van der Waals surface area contributed by atoms with Crippen LogP contribution >= 0.6 is 0 Å². The van der Waals surface area contributed by atoms with Crippen molar-refractivity contribution in [1.82, 2.24) is 9.80 Å². The molecule has 0 bridgehead atoms. The fraction of sp³-hybridized carbons (Fsp3) is 0.562.